The number of sulfonamides is 1. The second-order valence-electron chi connectivity index (χ2n) is 7.14. The van der Waals surface area contributed by atoms with Crippen molar-refractivity contribution in [2.45, 2.75) is 31.9 Å². The third kappa shape index (κ3) is 7.45. The number of hydrogen-bond acceptors (Lipinski definition) is 4. The van der Waals surface area contributed by atoms with Crippen molar-refractivity contribution >= 4 is 47.8 Å². The number of nitrogens with one attached hydrogen (secondary N) is 2. The zero-order valence-corrected chi connectivity index (χ0v) is 19.7. The van der Waals surface area contributed by atoms with Crippen LogP contribution in [0.5, 0.6) is 0 Å². The molecule has 2 rings (SSSR count). The lowest BCUT2D eigenvalue weighted by Gasteiger charge is -2.32. The third-order valence-electron chi connectivity index (χ3n) is 4.74. The lowest BCUT2D eigenvalue weighted by atomic mass is 9.96. The van der Waals surface area contributed by atoms with E-state index in [1.165, 1.54) is 0 Å². The van der Waals surface area contributed by atoms with E-state index in [1.54, 1.807) is 26.0 Å². The van der Waals surface area contributed by atoms with E-state index in [0.29, 0.717) is 24.6 Å². The standard InChI is InChI=1S/C18H27Br2N3O3S/c1-13(2)27(25,26)22-5-8-23-6-3-14(4-7-23)12-21-18(24)15-9-16(19)11-17(20)10-15/h9-11,13-14,22H,3-8,12H2,1-2H3,(H,21,24). The van der Waals surface area contributed by atoms with Crippen LogP contribution in [0, 0.1) is 5.92 Å². The van der Waals surface area contributed by atoms with Gasteiger partial charge in [-0.3, -0.25) is 4.79 Å². The minimum Gasteiger partial charge on any atom is -0.352 e. The minimum absolute atomic E-state index is 0.0671. The van der Waals surface area contributed by atoms with E-state index in [0.717, 1.165) is 41.4 Å². The Morgan fingerprint density at radius 1 is 1.19 bits per heavy atom. The van der Waals surface area contributed by atoms with Gasteiger partial charge in [-0.2, -0.15) is 0 Å². The Morgan fingerprint density at radius 3 is 2.33 bits per heavy atom. The van der Waals surface area contributed by atoms with E-state index in [4.69, 9.17) is 0 Å². The highest BCUT2D eigenvalue weighted by atomic mass is 79.9. The molecule has 152 valence electrons. The fraction of sp³-hybridized carbons (Fsp3) is 0.611. The molecule has 1 aliphatic heterocycles. The second-order valence-corrected chi connectivity index (χ2v) is 11.3. The van der Waals surface area contributed by atoms with Crippen molar-refractivity contribution in [1.29, 1.82) is 0 Å². The Bertz CT molecular complexity index is 728. The number of benzene rings is 1. The maximum atomic E-state index is 12.3. The van der Waals surface area contributed by atoms with Crippen LogP contribution in [0.1, 0.15) is 37.0 Å². The van der Waals surface area contributed by atoms with Crippen molar-refractivity contribution in [2.24, 2.45) is 5.92 Å². The molecule has 0 spiro atoms. The van der Waals surface area contributed by atoms with Crippen molar-refractivity contribution in [3.05, 3.63) is 32.7 Å². The van der Waals surface area contributed by atoms with Gasteiger partial charge in [0.1, 0.15) is 0 Å². The van der Waals surface area contributed by atoms with Crippen LogP contribution >= 0.6 is 31.9 Å². The summed E-state index contributed by atoms with van der Waals surface area (Å²) in [6.07, 6.45) is 2.00. The average molecular weight is 525 g/mol. The smallest absolute Gasteiger partial charge is 0.251 e. The molecule has 0 bridgehead atoms. The molecule has 0 atom stereocenters. The van der Waals surface area contributed by atoms with E-state index in [2.05, 4.69) is 46.8 Å². The molecule has 6 nitrogen and oxygen atoms in total. The summed E-state index contributed by atoms with van der Waals surface area (Å²) in [6.45, 7) is 7.02. The molecule has 0 unspecified atom stereocenters. The maximum Gasteiger partial charge on any atom is 0.251 e. The van der Waals surface area contributed by atoms with Crippen LogP contribution in [0.25, 0.3) is 0 Å². The predicted molar refractivity (Wildman–Crippen MR) is 115 cm³/mol. The van der Waals surface area contributed by atoms with Crippen LogP contribution in [0.2, 0.25) is 0 Å². The van der Waals surface area contributed by atoms with Crippen LogP contribution in [0.4, 0.5) is 0 Å². The number of rotatable bonds is 8. The monoisotopic (exact) mass is 523 g/mol. The molecule has 2 N–H and O–H groups in total. The fourth-order valence-electron chi connectivity index (χ4n) is 2.95. The summed E-state index contributed by atoms with van der Waals surface area (Å²) in [7, 11) is -3.19. The lowest BCUT2D eigenvalue weighted by molar-refractivity contribution is 0.0936. The van der Waals surface area contributed by atoms with Crippen molar-refractivity contribution in [3.63, 3.8) is 0 Å². The quantitative estimate of drug-likeness (QED) is 0.548. The van der Waals surface area contributed by atoms with Gasteiger partial charge in [-0.1, -0.05) is 31.9 Å². The molecular formula is C18H27Br2N3O3S. The highest BCUT2D eigenvalue weighted by Gasteiger charge is 2.21. The molecule has 1 aliphatic rings. The Kier molecular flexibility index (Phi) is 8.73. The molecule has 27 heavy (non-hydrogen) atoms. The maximum absolute atomic E-state index is 12.3. The van der Waals surface area contributed by atoms with E-state index in [-0.39, 0.29) is 5.91 Å². The van der Waals surface area contributed by atoms with Gasteiger partial charge in [-0.05, 0) is 63.9 Å². The minimum atomic E-state index is -3.19. The zero-order valence-electron chi connectivity index (χ0n) is 15.7. The van der Waals surface area contributed by atoms with E-state index >= 15 is 0 Å². The highest BCUT2D eigenvalue weighted by molar-refractivity contribution is 9.11. The number of carbonyl (C=O) groups is 1. The number of carbonyl (C=O) groups excluding carboxylic acids is 1. The fourth-order valence-corrected chi connectivity index (χ4v) is 4.95. The lowest BCUT2D eigenvalue weighted by Crippen LogP contribution is -2.42. The number of piperidine rings is 1. The summed E-state index contributed by atoms with van der Waals surface area (Å²) < 4.78 is 27.9. The van der Waals surface area contributed by atoms with E-state index in [9.17, 15) is 13.2 Å². The summed E-state index contributed by atoms with van der Waals surface area (Å²) in [5, 5.41) is 2.62. The number of likely N-dealkylation sites (tertiary alicyclic amines) is 1. The molecule has 0 aromatic heterocycles. The number of hydrogen-bond donors (Lipinski definition) is 2. The van der Waals surface area contributed by atoms with Crippen LogP contribution < -0.4 is 10.0 Å². The van der Waals surface area contributed by atoms with Gasteiger partial charge in [-0.15, -0.1) is 0 Å². The van der Waals surface area contributed by atoms with Gasteiger partial charge in [0.05, 0.1) is 5.25 Å². The molecule has 1 aromatic carbocycles. The Hall–Kier alpha value is -0.480. The molecule has 0 saturated carbocycles. The van der Waals surface area contributed by atoms with Gasteiger partial charge < -0.3 is 10.2 Å². The Balaban J connectivity index is 1.69. The summed E-state index contributed by atoms with van der Waals surface area (Å²) >= 11 is 6.80. The normalized spacial score (nSPS) is 16.6. The Morgan fingerprint density at radius 2 is 1.78 bits per heavy atom. The second kappa shape index (κ2) is 10.3. The molecular weight excluding hydrogens is 498 g/mol. The van der Waals surface area contributed by atoms with Gasteiger partial charge in [0.15, 0.2) is 0 Å². The molecule has 1 aromatic rings. The molecule has 1 heterocycles. The van der Waals surface area contributed by atoms with Crippen LogP contribution in [-0.4, -0.2) is 57.2 Å². The van der Waals surface area contributed by atoms with E-state index in [1.807, 2.05) is 6.07 Å². The third-order valence-corrected chi connectivity index (χ3v) is 7.50. The molecule has 9 heteroatoms. The van der Waals surface area contributed by atoms with Crippen molar-refractivity contribution < 1.29 is 13.2 Å². The van der Waals surface area contributed by atoms with Gasteiger partial charge in [-0.25, -0.2) is 13.1 Å². The first kappa shape index (κ1) is 22.8. The van der Waals surface area contributed by atoms with Crippen LogP contribution in [0.15, 0.2) is 27.1 Å². The Labute approximate surface area is 178 Å². The number of halogens is 2. The topological polar surface area (TPSA) is 78.5 Å². The molecule has 0 aliphatic carbocycles. The number of amides is 1. The first-order chi connectivity index (χ1) is 12.7. The van der Waals surface area contributed by atoms with Crippen LogP contribution in [-0.2, 0) is 10.0 Å². The summed E-state index contributed by atoms with van der Waals surface area (Å²) in [4.78, 5) is 14.6. The van der Waals surface area contributed by atoms with Crippen molar-refractivity contribution in [3.8, 4) is 0 Å². The van der Waals surface area contributed by atoms with Crippen LogP contribution in [0.3, 0.4) is 0 Å². The summed E-state index contributed by atoms with van der Waals surface area (Å²) in [5.41, 5.74) is 0.631. The molecule has 1 saturated heterocycles. The van der Waals surface area contributed by atoms with Gasteiger partial charge in [0.25, 0.3) is 5.91 Å². The molecule has 0 radical (unpaired) electrons. The molecule has 1 fully saturated rings. The SMILES string of the molecule is CC(C)S(=O)(=O)NCCN1CCC(CNC(=O)c2cc(Br)cc(Br)c2)CC1. The first-order valence-electron chi connectivity index (χ1n) is 9.12. The van der Waals surface area contributed by atoms with Gasteiger partial charge in [0.2, 0.25) is 10.0 Å². The van der Waals surface area contributed by atoms with Crippen molar-refractivity contribution in [1.82, 2.24) is 14.9 Å². The first-order valence-corrected chi connectivity index (χ1v) is 12.3. The zero-order chi connectivity index (χ0) is 20.0. The highest BCUT2D eigenvalue weighted by Crippen LogP contribution is 2.20. The summed E-state index contributed by atoms with van der Waals surface area (Å²) in [6, 6.07) is 5.51. The molecule has 1 amide bonds. The van der Waals surface area contributed by atoms with Crippen molar-refractivity contribution in [2.75, 3.05) is 32.7 Å². The largest absolute Gasteiger partial charge is 0.352 e. The van der Waals surface area contributed by atoms with Gasteiger partial charge >= 0.3 is 0 Å². The van der Waals surface area contributed by atoms with Gasteiger partial charge in [0, 0.05) is 34.1 Å². The summed E-state index contributed by atoms with van der Waals surface area (Å²) in [5.74, 6) is 0.385. The number of nitrogens with zero attached hydrogens (tertiary/aromatic N) is 1. The average Bonchev–Trinajstić information content (AvgIpc) is 2.59. The van der Waals surface area contributed by atoms with E-state index < -0.39 is 15.3 Å². The predicted octanol–water partition coefficient (Wildman–Crippen LogP) is 2.98.